The number of benzene rings is 3. The summed E-state index contributed by atoms with van der Waals surface area (Å²) >= 11 is 0.354. The molecule has 2 N–H and O–H groups in total. The summed E-state index contributed by atoms with van der Waals surface area (Å²) < 4.78 is 90.4. The van der Waals surface area contributed by atoms with Gasteiger partial charge < -0.3 is 19.9 Å². The number of carbonyl (C=O) groups is 3. The number of nitrogens with zero attached hydrogens (tertiary/aromatic N) is 1. The highest BCUT2D eigenvalue weighted by Crippen LogP contribution is 2.40. The van der Waals surface area contributed by atoms with Crippen molar-refractivity contribution < 1.29 is 55.3 Å². The van der Waals surface area contributed by atoms with Gasteiger partial charge in [-0.05, 0) is 71.4 Å². The zero-order chi connectivity index (χ0) is 31.7. The van der Waals surface area contributed by atoms with Gasteiger partial charge in [0.1, 0.15) is 5.75 Å². The van der Waals surface area contributed by atoms with Crippen LogP contribution in [0.2, 0.25) is 0 Å². The molecule has 3 amide bonds. The second kappa shape index (κ2) is 11.9. The van der Waals surface area contributed by atoms with E-state index in [-0.39, 0.29) is 34.2 Å². The average molecular weight is 627 g/mol. The van der Waals surface area contributed by atoms with Gasteiger partial charge in [0, 0.05) is 11.8 Å². The third-order valence-corrected chi connectivity index (χ3v) is 7.05. The van der Waals surface area contributed by atoms with Gasteiger partial charge in [0.2, 0.25) is 0 Å². The molecule has 1 heterocycles. The summed E-state index contributed by atoms with van der Waals surface area (Å²) in [4.78, 5) is 38.6. The van der Waals surface area contributed by atoms with Crippen molar-refractivity contribution in [3.05, 3.63) is 87.3 Å². The van der Waals surface area contributed by atoms with Gasteiger partial charge in [0.15, 0.2) is 11.5 Å². The Balaban J connectivity index is 1.59. The molecule has 0 atom stereocenters. The molecule has 3 aromatic carbocycles. The lowest BCUT2D eigenvalue weighted by Crippen LogP contribution is -2.29. The number of amides is 3. The van der Waals surface area contributed by atoms with E-state index in [1.54, 1.807) is 0 Å². The van der Waals surface area contributed by atoms with E-state index >= 15 is 0 Å². The number of aromatic hydroxyl groups is 1. The first-order valence-corrected chi connectivity index (χ1v) is 12.8. The van der Waals surface area contributed by atoms with Crippen molar-refractivity contribution in [1.82, 2.24) is 4.90 Å². The molecule has 3 aromatic rings. The number of imide groups is 1. The minimum absolute atomic E-state index is 0.163. The molecule has 0 aromatic heterocycles. The molecule has 0 spiro atoms. The Kier molecular flexibility index (Phi) is 8.67. The lowest BCUT2D eigenvalue weighted by atomic mass is 10.0. The summed E-state index contributed by atoms with van der Waals surface area (Å²) in [5.41, 5.74) is -3.48. The fraction of sp³-hybridized carbons (Fsp3) is 0.179. The zero-order valence-electron chi connectivity index (χ0n) is 22.1. The standard InChI is InChI=1S/C28H20F6N2O6S/c1-41-21-8-5-17(12-22(21)42-2)35-24(38)18-9-14(3-7-20(18)37)10-23-25(39)36(26(40)43-23)13-15-11-16(27(29,30)31)4-6-19(15)28(32,33)34/h3-12,37H,13H2,1-2H3,(H,35,38). The van der Waals surface area contributed by atoms with Crippen LogP contribution in [0.25, 0.3) is 6.08 Å². The Morgan fingerprint density at radius 1 is 0.930 bits per heavy atom. The van der Waals surface area contributed by atoms with E-state index in [4.69, 9.17) is 9.47 Å². The molecule has 43 heavy (non-hydrogen) atoms. The van der Waals surface area contributed by atoms with Crippen molar-refractivity contribution in [2.45, 2.75) is 18.9 Å². The molecule has 4 rings (SSSR count). The second-order valence-electron chi connectivity index (χ2n) is 8.94. The first-order chi connectivity index (χ1) is 20.1. The lowest BCUT2D eigenvalue weighted by molar-refractivity contribution is -0.142. The molecular formula is C28H20F6N2O6S. The minimum Gasteiger partial charge on any atom is -0.507 e. The van der Waals surface area contributed by atoms with Crippen molar-refractivity contribution in [3.63, 3.8) is 0 Å². The van der Waals surface area contributed by atoms with E-state index in [2.05, 4.69) is 5.32 Å². The van der Waals surface area contributed by atoms with Gasteiger partial charge in [-0.3, -0.25) is 19.3 Å². The first-order valence-electron chi connectivity index (χ1n) is 12.0. The quantitative estimate of drug-likeness (QED) is 0.216. The van der Waals surface area contributed by atoms with Crippen LogP contribution in [0.4, 0.5) is 36.8 Å². The van der Waals surface area contributed by atoms with E-state index < -0.39 is 58.4 Å². The largest absolute Gasteiger partial charge is 0.507 e. The Morgan fingerprint density at radius 3 is 2.26 bits per heavy atom. The summed E-state index contributed by atoms with van der Waals surface area (Å²) in [6.07, 6.45) is -8.84. The summed E-state index contributed by atoms with van der Waals surface area (Å²) in [5.74, 6) is -1.50. The Hall–Kier alpha value is -4.66. The van der Waals surface area contributed by atoms with Crippen LogP contribution in [-0.4, -0.2) is 41.3 Å². The smallest absolute Gasteiger partial charge is 0.416 e. The molecule has 0 aliphatic carbocycles. The van der Waals surface area contributed by atoms with Crippen LogP contribution < -0.4 is 14.8 Å². The number of alkyl halides is 6. The number of ether oxygens (including phenoxy) is 2. The van der Waals surface area contributed by atoms with Crippen LogP contribution in [0.3, 0.4) is 0 Å². The Morgan fingerprint density at radius 2 is 1.63 bits per heavy atom. The van der Waals surface area contributed by atoms with Crippen LogP contribution in [0.5, 0.6) is 17.2 Å². The van der Waals surface area contributed by atoms with E-state index in [0.29, 0.717) is 33.8 Å². The van der Waals surface area contributed by atoms with Crippen LogP contribution in [0.1, 0.15) is 32.6 Å². The molecule has 1 aliphatic heterocycles. The van der Waals surface area contributed by atoms with Crippen LogP contribution >= 0.6 is 11.8 Å². The summed E-state index contributed by atoms with van der Waals surface area (Å²) in [6.45, 7) is -1.06. The maximum absolute atomic E-state index is 13.5. The molecule has 1 saturated heterocycles. The molecule has 0 bridgehead atoms. The molecule has 0 saturated carbocycles. The molecule has 226 valence electrons. The molecule has 15 heteroatoms. The van der Waals surface area contributed by atoms with Crippen molar-refractivity contribution >= 4 is 40.6 Å². The summed E-state index contributed by atoms with van der Waals surface area (Å²) in [6, 6.07) is 8.96. The molecule has 0 radical (unpaired) electrons. The number of hydrogen-bond donors (Lipinski definition) is 2. The fourth-order valence-electron chi connectivity index (χ4n) is 4.07. The average Bonchev–Trinajstić information content (AvgIpc) is 3.19. The van der Waals surface area contributed by atoms with Crippen LogP contribution in [0, 0.1) is 0 Å². The summed E-state index contributed by atoms with van der Waals surface area (Å²) in [7, 11) is 2.83. The van der Waals surface area contributed by atoms with Crippen molar-refractivity contribution in [1.29, 1.82) is 0 Å². The maximum atomic E-state index is 13.5. The highest BCUT2D eigenvalue weighted by molar-refractivity contribution is 8.18. The molecule has 1 aliphatic rings. The zero-order valence-corrected chi connectivity index (χ0v) is 22.9. The van der Waals surface area contributed by atoms with Gasteiger partial charge >= 0.3 is 12.4 Å². The normalized spacial score (nSPS) is 14.8. The minimum atomic E-state index is -5.04. The van der Waals surface area contributed by atoms with Gasteiger partial charge in [-0.15, -0.1) is 0 Å². The van der Waals surface area contributed by atoms with Gasteiger partial charge in [0.25, 0.3) is 17.1 Å². The Bertz CT molecular complexity index is 1640. The number of hydrogen-bond acceptors (Lipinski definition) is 7. The molecular weight excluding hydrogens is 606 g/mol. The summed E-state index contributed by atoms with van der Waals surface area (Å²) in [5, 5.41) is 11.8. The van der Waals surface area contributed by atoms with Crippen molar-refractivity contribution in [2.75, 3.05) is 19.5 Å². The maximum Gasteiger partial charge on any atom is 0.416 e. The molecule has 8 nitrogen and oxygen atoms in total. The third kappa shape index (κ3) is 6.88. The van der Waals surface area contributed by atoms with E-state index in [9.17, 15) is 45.8 Å². The number of phenols is 1. The van der Waals surface area contributed by atoms with Gasteiger partial charge in [-0.25, -0.2) is 0 Å². The molecule has 1 fully saturated rings. The van der Waals surface area contributed by atoms with Gasteiger partial charge in [-0.2, -0.15) is 26.3 Å². The third-order valence-electron chi connectivity index (χ3n) is 6.14. The fourth-order valence-corrected chi connectivity index (χ4v) is 4.91. The number of carbonyl (C=O) groups excluding carboxylic acids is 3. The number of halogens is 6. The monoisotopic (exact) mass is 626 g/mol. The highest BCUT2D eigenvalue weighted by Gasteiger charge is 2.40. The van der Waals surface area contributed by atoms with Crippen LogP contribution in [-0.2, 0) is 23.7 Å². The Labute approximate surface area is 243 Å². The molecule has 0 unspecified atom stereocenters. The first kappa shape index (κ1) is 31.3. The van der Waals surface area contributed by atoms with Gasteiger partial charge in [-0.1, -0.05) is 6.07 Å². The van der Waals surface area contributed by atoms with E-state index in [1.165, 1.54) is 44.6 Å². The second-order valence-corrected chi connectivity index (χ2v) is 9.93. The number of rotatable bonds is 7. The predicted octanol–water partition coefficient (Wildman–Crippen LogP) is 6.94. The number of phenolic OH excluding ortho intramolecular Hbond substituents is 1. The number of thioether (sulfide) groups is 1. The predicted molar refractivity (Wildman–Crippen MR) is 144 cm³/mol. The van der Waals surface area contributed by atoms with E-state index in [0.717, 1.165) is 12.1 Å². The topological polar surface area (TPSA) is 105 Å². The van der Waals surface area contributed by atoms with E-state index in [1.807, 2.05) is 0 Å². The SMILES string of the molecule is COc1ccc(NC(=O)c2cc(C=C3SC(=O)N(Cc4cc(C(F)(F)F)ccc4C(F)(F)F)C3=O)ccc2O)cc1OC. The van der Waals surface area contributed by atoms with Crippen molar-refractivity contribution in [3.8, 4) is 17.2 Å². The number of methoxy groups -OCH3 is 2. The number of anilines is 1. The highest BCUT2D eigenvalue weighted by atomic mass is 32.2. The van der Waals surface area contributed by atoms with Crippen LogP contribution in [0.15, 0.2) is 59.5 Å². The lowest BCUT2D eigenvalue weighted by Gasteiger charge is -2.19. The number of nitrogens with one attached hydrogen (secondary N) is 1. The van der Waals surface area contributed by atoms with Gasteiger partial charge in [0.05, 0.1) is 42.4 Å². The van der Waals surface area contributed by atoms with Crippen molar-refractivity contribution in [2.24, 2.45) is 0 Å².